The molecule has 35 heavy (non-hydrogen) atoms. The topological polar surface area (TPSA) is 69.4 Å². The third kappa shape index (κ3) is 11.3. The van der Waals surface area contributed by atoms with Crippen molar-refractivity contribution in [3.8, 4) is 5.75 Å². The Labute approximate surface area is 213 Å². The van der Waals surface area contributed by atoms with E-state index in [2.05, 4.69) is 19.1 Å². The molecule has 2 N–H and O–H groups in total. The van der Waals surface area contributed by atoms with Gasteiger partial charge in [-0.25, -0.2) is 0 Å². The maximum absolute atomic E-state index is 12.0. The van der Waals surface area contributed by atoms with E-state index in [4.69, 9.17) is 10.5 Å². The number of hydrogen-bond acceptors (Lipinski definition) is 3. The van der Waals surface area contributed by atoms with Crippen LogP contribution in [-0.4, -0.2) is 11.9 Å². The van der Waals surface area contributed by atoms with Gasteiger partial charge in [-0.2, -0.15) is 0 Å². The van der Waals surface area contributed by atoms with E-state index < -0.39 is 11.9 Å². The number of primary amides is 1. The Morgan fingerprint density at radius 1 is 0.714 bits per heavy atom. The van der Waals surface area contributed by atoms with Gasteiger partial charge in [0.05, 0.1) is 5.56 Å². The van der Waals surface area contributed by atoms with Crippen molar-refractivity contribution < 1.29 is 14.3 Å². The lowest BCUT2D eigenvalue weighted by molar-refractivity contribution is -0.131. The van der Waals surface area contributed by atoms with Crippen LogP contribution in [-0.2, 0) is 11.2 Å². The largest absolute Gasteiger partial charge is 0.426 e. The molecule has 0 bridgehead atoms. The highest BCUT2D eigenvalue weighted by molar-refractivity contribution is 6.09. The van der Waals surface area contributed by atoms with Crippen molar-refractivity contribution in [3.05, 3.63) is 41.5 Å². The second-order valence-corrected chi connectivity index (χ2v) is 10.0. The zero-order valence-corrected chi connectivity index (χ0v) is 22.2. The maximum atomic E-state index is 12.0. The number of rotatable bonds is 19. The minimum atomic E-state index is -0.586. The van der Waals surface area contributed by atoms with Gasteiger partial charge in [-0.1, -0.05) is 128 Å². The zero-order chi connectivity index (χ0) is 25.3. The molecule has 0 unspecified atom stereocenters. The first-order chi connectivity index (χ1) is 17.0. The Hall–Kier alpha value is -2.36. The van der Waals surface area contributed by atoms with Crippen LogP contribution in [0.4, 0.5) is 0 Å². The lowest BCUT2D eigenvalue weighted by Crippen LogP contribution is -2.15. The maximum Gasteiger partial charge on any atom is 0.308 e. The number of aryl methyl sites for hydroxylation is 1. The van der Waals surface area contributed by atoms with E-state index >= 15 is 0 Å². The Bertz CT molecular complexity index is 905. The third-order valence-corrected chi connectivity index (χ3v) is 6.87. The molecule has 1 amide bonds. The second-order valence-electron chi connectivity index (χ2n) is 10.0. The predicted molar refractivity (Wildman–Crippen MR) is 147 cm³/mol. The molecular formula is C31H47NO3. The molecule has 0 aromatic heterocycles. The molecule has 2 rings (SSSR count). The molecule has 2 aromatic rings. The van der Waals surface area contributed by atoms with Gasteiger partial charge in [0, 0.05) is 6.92 Å². The molecule has 4 heteroatoms. The SMILES string of the molecule is CCCCCCCCCCCCCCCCCCc1ccc2c(C(N)=O)c(OC(C)=O)ccc2c1. The molecule has 0 radical (unpaired) electrons. The first-order valence-corrected chi connectivity index (χ1v) is 14.1. The Morgan fingerprint density at radius 3 is 1.71 bits per heavy atom. The summed E-state index contributed by atoms with van der Waals surface area (Å²) in [6.07, 6.45) is 23.0. The summed E-state index contributed by atoms with van der Waals surface area (Å²) in [5.41, 5.74) is 7.10. The number of benzene rings is 2. The van der Waals surface area contributed by atoms with Gasteiger partial charge >= 0.3 is 5.97 Å². The number of unbranched alkanes of at least 4 members (excludes halogenated alkanes) is 15. The molecule has 0 heterocycles. The molecule has 0 aliphatic carbocycles. The first kappa shape index (κ1) is 28.9. The number of nitrogens with two attached hydrogens (primary N) is 1. The number of ether oxygens (including phenoxy) is 1. The van der Waals surface area contributed by atoms with Gasteiger partial charge in [0.2, 0.25) is 0 Å². The highest BCUT2D eigenvalue weighted by Crippen LogP contribution is 2.29. The van der Waals surface area contributed by atoms with Crippen LogP contribution < -0.4 is 10.5 Å². The molecule has 0 aliphatic rings. The van der Waals surface area contributed by atoms with Crippen molar-refractivity contribution in [2.45, 2.75) is 123 Å². The Morgan fingerprint density at radius 2 is 1.23 bits per heavy atom. The fourth-order valence-corrected chi connectivity index (χ4v) is 4.89. The summed E-state index contributed by atoms with van der Waals surface area (Å²) in [4.78, 5) is 23.3. The van der Waals surface area contributed by atoms with E-state index in [1.165, 1.54) is 115 Å². The summed E-state index contributed by atoms with van der Waals surface area (Å²) in [6, 6.07) is 9.63. The lowest BCUT2D eigenvalue weighted by atomic mass is 9.98. The molecule has 4 nitrogen and oxygen atoms in total. The van der Waals surface area contributed by atoms with Crippen LogP contribution >= 0.6 is 0 Å². The van der Waals surface area contributed by atoms with Crippen molar-refractivity contribution in [3.63, 3.8) is 0 Å². The molecule has 194 valence electrons. The molecule has 0 atom stereocenters. The fourth-order valence-electron chi connectivity index (χ4n) is 4.89. The minimum Gasteiger partial charge on any atom is -0.426 e. The number of carbonyl (C=O) groups excluding carboxylic acids is 2. The normalized spacial score (nSPS) is 11.1. The van der Waals surface area contributed by atoms with E-state index in [1.807, 2.05) is 12.1 Å². The Kier molecular flexibility index (Phi) is 14.1. The number of esters is 1. The van der Waals surface area contributed by atoms with E-state index in [-0.39, 0.29) is 11.3 Å². The molecule has 0 saturated carbocycles. The average Bonchev–Trinajstić information content (AvgIpc) is 2.83. The van der Waals surface area contributed by atoms with E-state index in [0.717, 1.165) is 17.2 Å². The molecule has 0 spiro atoms. The van der Waals surface area contributed by atoms with Crippen LogP contribution in [0.2, 0.25) is 0 Å². The molecule has 0 aliphatic heterocycles. The number of amides is 1. The minimum absolute atomic E-state index is 0.225. The van der Waals surface area contributed by atoms with Crippen molar-refractivity contribution in [1.82, 2.24) is 0 Å². The van der Waals surface area contributed by atoms with Crippen LogP contribution in [0.25, 0.3) is 10.8 Å². The number of carbonyl (C=O) groups is 2. The summed E-state index contributed by atoms with van der Waals surface area (Å²) in [6.45, 7) is 3.60. The summed E-state index contributed by atoms with van der Waals surface area (Å²) < 4.78 is 5.17. The number of fused-ring (bicyclic) bond motifs is 1. The van der Waals surface area contributed by atoms with E-state index in [0.29, 0.717) is 0 Å². The molecule has 0 fully saturated rings. The molecule has 0 saturated heterocycles. The van der Waals surface area contributed by atoms with Crippen molar-refractivity contribution in [2.75, 3.05) is 0 Å². The molecule has 2 aromatic carbocycles. The van der Waals surface area contributed by atoms with Crippen molar-refractivity contribution in [1.29, 1.82) is 0 Å². The van der Waals surface area contributed by atoms with Gasteiger partial charge in [0.25, 0.3) is 5.91 Å². The summed E-state index contributed by atoms with van der Waals surface area (Å²) in [5.74, 6) is -0.826. The summed E-state index contributed by atoms with van der Waals surface area (Å²) in [7, 11) is 0. The second kappa shape index (κ2) is 17.1. The van der Waals surface area contributed by atoms with Crippen LogP contribution in [0.5, 0.6) is 5.75 Å². The van der Waals surface area contributed by atoms with Crippen LogP contribution in [0, 0.1) is 0 Å². The lowest BCUT2D eigenvalue weighted by Gasteiger charge is -2.11. The van der Waals surface area contributed by atoms with Crippen molar-refractivity contribution in [2.24, 2.45) is 5.73 Å². The highest BCUT2D eigenvalue weighted by atomic mass is 16.5. The predicted octanol–water partition coefficient (Wildman–Crippen LogP) is 8.67. The van der Waals surface area contributed by atoms with E-state index in [1.54, 1.807) is 6.07 Å². The monoisotopic (exact) mass is 481 g/mol. The van der Waals surface area contributed by atoms with Crippen LogP contribution in [0.3, 0.4) is 0 Å². The average molecular weight is 482 g/mol. The van der Waals surface area contributed by atoms with Gasteiger partial charge in [-0.05, 0) is 35.2 Å². The van der Waals surface area contributed by atoms with Crippen LogP contribution in [0.15, 0.2) is 30.3 Å². The standard InChI is InChI=1S/C31H47NO3/c1-3-4-5-6-7-8-9-10-11-12-13-14-15-16-17-18-19-26-20-22-28-27(24-26)21-23-29(35-25(2)33)30(28)31(32)34/h20-24H,3-19H2,1-2H3,(H2,32,34). The van der Waals surface area contributed by atoms with Gasteiger partial charge in [0.1, 0.15) is 5.75 Å². The highest BCUT2D eigenvalue weighted by Gasteiger charge is 2.15. The van der Waals surface area contributed by atoms with Gasteiger partial charge in [-0.15, -0.1) is 0 Å². The van der Waals surface area contributed by atoms with Gasteiger partial charge < -0.3 is 10.5 Å². The Balaban J connectivity index is 1.58. The zero-order valence-electron chi connectivity index (χ0n) is 22.2. The fraction of sp³-hybridized carbons (Fsp3) is 0.613. The quantitative estimate of drug-likeness (QED) is 0.124. The smallest absolute Gasteiger partial charge is 0.308 e. The summed E-state index contributed by atoms with van der Waals surface area (Å²) in [5, 5.41) is 1.68. The first-order valence-electron chi connectivity index (χ1n) is 14.1. The summed E-state index contributed by atoms with van der Waals surface area (Å²) >= 11 is 0. The third-order valence-electron chi connectivity index (χ3n) is 6.87. The molecular weight excluding hydrogens is 434 g/mol. The van der Waals surface area contributed by atoms with Crippen LogP contribution in [0.1, 0.15) is 133 Å². The number of hydrogen-bond donors (Lipinski definition) is 1. The van der Waals surface area contributed by atoms with Gasteiger partial charge in [0.15, 0.2) is 0 Å². The van der Waals surface area contributed by atoms with E-state index in [9.17, 15) is 9.59 Å². The van der Waals surface area contributed by atoms with Crippen molar-refractivity contribution >= 4 is 22.6 Å². The van der Waals surface area contributed by atoms with Gasteiger partial charge in [-0.3, -0.25) is 9.59 Å².